The molecule has 0 radical (unpaired) electrons. The van der Waals surface area contributed by atoms with Gasteiger partial charge in [-0.3, -0.25) is 0 Å². The minimum atomic E-state index is 0.752. The van der Waals surface area contributed by atoms with Crippen molar-refractivity contribution in [3.05, 3.63) is 53.6 Å². The maximum absolute atomic E-state index is 3.16. The Hall–Kier alpha value is -1.74. The Morgan fingerprint density at radius 2 is 1.64 bits per heavy atom. The van der Waals surface area contributed by atoms with Crippen LogP contribution in [0.15, 0.2) is 42.5 Å². The summed E-state index contributed by atoms with van der Waals surface area (Å²) in [5.41, 5.74) is 2.60. The van der Waals surface area contributed by atoms with Gasteiger partial charge in [0.2, 0.25) is 0 Å². The number of unbranched alkanes of at least 4 members (excludes halogenated alkanes) is 2. The van der Waals surface area contributed by atoms with Gasteiger partial charge in [0.1, 0.15) is 0 Å². The molecule has 1 saturated carbocycles. The molecule has 2 rings (SSSR count). The molecule has 134 valence electrons. The summed E-state index contributed by atoms with van der Waals surface area (Å²) in [6.07, 6.45) is 20.7. The van der Waals surface area contributed by atoms with E-state index in [0.29, 0.717) is 0 Å². The van der Waals surface area contributed by atoms with Crippen LogP contribution in [0.2, 0.25) is 0 Å². The standard InChI is InChI=1S/C25H34/c1-3-5-8-11-23-18-20-25(21-19-23)13-10-7-6-9-12-24-16-14-22(4-2)15-17-24/h9-10,12-17,23,25H,3-5,8,11,18-21H2,1-2H3/t23-,25-. The molecule has 0 heterocycles. The summed E-state index contributed by atoms with van der Waals surface area (Å²) in [6.45, 7) is 4.47. The van der Waals surface area contributed by atoms with E-state index in [1.807, 2.05) is 6.08 Å². The van der Waals surface area contributed by atoms with Crippen molar-refractivity contribution in [1.29, 1.82) is 0 Å². The fourth-order valence-corrected chi connectivity index (χ4v) is 3.64. The summed E-state index contributed by atoms with van der Waals surface area (Å²) in [5, 5.41) is 0. The van der Waals surface area contributed by atoms with Crippen molar-refractivity contribution in [3.63, 3.8) is 0 Å². The predicted octanol–water partition coefficient (Wildman–Crippen LogP) is 7.21. The lowest BCUT2D eigenvalue weighted by Gasteiger charge is -2.26. The number of allylic oxidation sites excluding steroid dienone is 3. The Morgan fingerprint density at radius 1 is 0.920 bits per heavy atom. The van der Waals surface area contributed by atoms with E-state index in [2.05, 4.69) is 68.2 Å². The van der Waals surface area contributed by atoms with Crippen LogP contribution in [0.3, 0.4) is 0 Å². The predicted molar refractivity (Wildman–Crippen MR) is 111 cm³/mol. The average molecular weight is 335 g/mol. The zero-order chi connectivity index (χ0) is 17.7. The van der Waals surface area contributed by atoms with Crippen LogP contribution in [0.1, 0.15) is 76.3 Å². The van der Waals surface area contributed by atoms with E-state index in [0.717, 1.165) is 18.3 Å². The third-order valence-corrected chi connectivity index (χ3v) is 5.39. The van der Waals surface area contributed by atoms with E-state index in [4.69, 9.17) is 0 Å². The molecule has 0 spiro atoms. The highest BCUT2D eigenvalue weighted by Crippen LogP contribution is 2.32. The minimum absolute atomic E-state index is 0.752. The first kappa shape index (κ1) is 19.6. The molecule has 0 unspecified atom stereocenters. The van der Waals surface area contributed by atoms with Crippen molar-refractivity contribution in [1.82, 2.24) is 0 Å². The summed E-state index contributed by atoms with van der Waals surface area (Å²) >= 11 is 0. The molecule has 0 bridgehead atoms. The monoisotopic (exact) mass is 334 g/mol. The van der Waals surface area contributed by atoms with Crippen LogP contribution in [-0.2, 0) is 6.42 Å². The van der Waals surface area contributed by atoms with Crippen molar-refractivity contribution in [2.45, 2.75) is 71.6 Å². The zero-order valence-electron chi connectivity index (χ0n) is 16.1. The van der Waals surface area contributed by atoms with E-state index >= 15 is 0 Å². The van der Waals surface area contributed by atoms with Crippen LogP contribution in [-0.4, -0.2) is 0 Å². The SMILES string of the molecule is CCCCC[C@H]1CC[C@H](C=CC#CC=Cc2ccc(CC)cc2)CC1. The molecule has 0 N–H and O–H groups in total. The molecule has 1 aromatic carbocycles. The smallest absolute Gasteiger partial charge is 0.0109 e. The van der Waals surface area contributed by atoms with E-state index in [1.165, 1.54) is 62.5 Å². The molecule has 1 fully saturated rings. The molecule has 1 aliphatic carbocycles. The van der Waals surface area contributed by atoms with Crippen molar-refractivity contribution >= 4 is 6.08 Å². The van der Waals surface area contributed by atoms with Crippen molar-refractivity contribution in [3.8, 4) is 11.8 Å². The fourth-order valence-electron chi connectivity index (χ4n) is 3.64. The van der Waals surface area contributed by atoms with Gasteiger partial charge >= 0.3 is 0 Å². The van der Waals surface area contributed by atoms with E-state index in [-0.39, 0.29) is 0 Å². The van der Waals surface area contributed by atoms with Gasteiger partial charge in [-0.2, -0.15) is 0 Å². The second-order valence-electron chi connectivity index (χ2n) is 7.35. The van der Waals surface area contributed by atoms with Gasteiger partial charge in [-0.05, 0) is 73.3 Å². The molecule has 0 aromatic heterocycles. The van der Waals surface area contributed by atoms with E-state index < -0.39 is 0 Å². The largest absolute Gasteiger partial charge is 0.0730 e. The second kappa shape index (κ2) is 11.8. The van der Waals surface area contributed by atoms with Crippen LogP contribution in [0.5, 0.6) is 0 Å². The lowest BCUT2D eigenvalue weighted by Crippen LogP contribution is -2.12. The molecule has 0 nitrogen and oxygen atoms in total. The molecule has 1 aliphatic rings. The average Bonchev–Trinajstić information content (AvgIpc) is 2.66. The van der Waals surface area contributed by atoms with Crippen LogP contribution in [0.25, 0.3) is 6.08 Å². The molecule has 0 saturated heterocycles. The number of rotatable bonds is 7. The fraction of sp³-hybridized carbons (Fsp3) is 0.520. The van der Waals surface area contributed by atoms with Gasteiger partial charge in [-0.15, -0.1) is 0 Å². The van der Waals surface area contributed by atoms with Gasteiger partial charge in [-0.25, -0.2) is 0 Å². The maximum atomic E-state index is 3.16. The third-order valence-electron chi connectivity index (χ3n) is 5.39. The van der Waals surface area contributed by atoms with Gasteiger partial charge in [0.05, 0.1) is 0 Å². The van der Waals surface area contributed by atoms with Crippen LogP contribution in [0, 0.1) is 23.7 Å². The molecule has 1 aromatic rings. The molecule has 0 amide bonds. The normalized spacial score (nSPS) is 20.7. The minimum Gasteiger partial charge on any atom is -0.0730 e. The lowest BCUT2D eigenvalue weighted by atomic mass is 9.79. The number of hydrogen-bond acceptors (Lipinski definition) is 0. The number of aryl methyl sites for hydroxylation is 1. The third kappa shape index (κ3) is 7.78. The Bertz CT molecular complexity index is 583. The highest BCUT2D eigenvalue weighted by molar-refractivity contribution is 5.53. The van der Waals surface area contributed by atoms with Crippen LogP contribution < -0.4 is 0 Å². The zero-order valence-corrected chi connectivity index (χ0v) is 16.1. The highest BCUT2D eigenvalue weighted by atomic mass is 14.2. The van der Waals surface area contributed by atoms with Gasteiger partial charge in [0.15, 0.2) is 0 Å². The van der Waals surface area contributed by atoms with Gasteiger partial charge in [0.25, 0.3) is 0 Å². The molecule has 25 heavy (non-hydrogen) atoms. The Balaban J connectivity index is 1.68. The topological polar surface area (TPSA) is 0 Å². The summed E-state index contributed by atoms with van der Waals surface area (Å²) in [6, 6.07) is 8.69. The first-order valence-electron chi connectivity index (χ1n) is 10.2. The molecule has 0 heteroatoms. The summed E-state index contributed by atoms with van der Waals surface area (Å²) < 4.78 is 0. The highest BCUT2D eigenvalue weighted by Gasteiger charge is 2.18. The summed E-state index contributed by atoms with van der Waals surface area (Å²) in [4.78, 5) is 0. The Labute approximate surface area is 155 Å². The Morgan fingerprint density at radius 3 is 2.32 bits per heavy atom. The molecular formula is C25H34. The summed E-state index contributed by atoms with van der Waals surface area (Å²) in [7, 11) is 0. The van der Waals surface area contributed by atoms with Crippen LogP contribution in [0.4, 0.5) is 0 Å². The van der Waals surface area contributed by atoms with Gasteiger partial charge in [-0.1, -0.05) is 81.7 Å². The van der Waals surface area contributed by atoms with Crippen molar-refractivity contribution in [2.24, 2.45) is 11.8 Å². The molecule has 0 aliphatic heterocycles. The number of hydrogen-bond donors (Lipinski definition) is 0. The maximum Gasteiger partial charge on any atom is -0.0109 e. The lowest BCUT2D eigenvalue weighted by molar-refractivity contribution is 0.289. The summed E-state index contributed by atoms with van der Waals surface area (Å²) in [5.74, 6) is 8.03. The molecule has 0 atom stereocenters. The Kier molecular flexibility index (Phi) is 9.21. The van der Waals surface area contributed by atoms with Crippen molar-refractivity contribution < 1.29 is 0 Å². The van der Waals surface area contributed by atoms with E-state index in [9.17, 15) is 0 Å². The number of benzene rings is 1. The quantitative estimate of drug-likeness (QED) is 0.365. The first-order valence-corrected chi connectivity index (χ1v) is 10.2. The van der Waals surface area contributed by atoms with Gasteiger partial charge < -0.3 is 0 Å². The first-order chi connectivity index (χ1) is 12.3. The van der Waals surface area contributed by atoms with Gasteiger partial charge in [0, 0.05) is 0 Å². The second-order valence-corrected chi connectivity index (χ2v) is 7.35. The van der Waals surface area contributed by atoms with Crippen molar-refractivity contribution in [2.75, 3.05) is 0 Å². The van der Waals surface area contributed by atoms with Crippen LogP contribution >= 0.6 is 0 Å². The van der Waals surface area contributed by atoms with E-state index in [1.54, 1.807) is 0 Å². The molecular weight excluding hydrogens is 300 g/mol.